The van der Waals surface area contributed by atoms with E-state index in [-0.39, 0.29) is 0 Å². The van der Waals surface area contributed by atoms with Crippen LogP contribution in [0.4, 0.5) is 0 Å². The minimum absolute atomic E-state index is 0.456. The van der Waals surface area contributed by atoms with Crippen molar-refractivity contribution in [2.75, 3.05) is 0 Å². The Kier molecular flexibility index (Phi) is 2.46. The van der Waals surface area contributed by atoms with Crippen LogP contribution < -0.4 is 0 Å². The van der Waals surface area contributed by atoms with E-state index in [0.717, 1.165) is 5.69 Å². The average Bonchev–Trinajstić information content (AvgIpc) is 2.63. The minimum atomic E-state index is 0.456. The van der Waals surface area contributed by atoms with Crippen LogP contribution in [0.2, 0.25) is 0 Å². The highest BCUT2D eigenvalue weighted by Crippen LogP contribution is 1.90. The number of hydrogen-bond donors (Lipinski definition) is 1. The molecule has 0 saturated carbocycles. The van der Waals surface area contributed by atoms with Crippen molar-refractivity contribution in [3.05, 3.63) is 41.2 Å². The van der Waals surface area contributed by atoms with E-state index in [0.29, 0.717) is 4.77 Å². The normalized spacial score (nSPS) is 10.9. The van der Waals surface area contributed by atoms with Crippen LogP contribution in [-0.2, 0) is 0 Å². The molecule has 14 heavy (non-hydrogen) atoms. The summed E-state index contributed by atoms with van der Waals surface area (Å²) in [5.41, 5.74) is 0.774. The van der Waals surface area contributed by atoms with Gasteiger partial charge in [0.15, 0.2) is 0 Å². The SMILES string of the molecule is S=c1[nH]ncn1/N=C/c1ccccn1. The molecule has 0 aliphatic carbocycles. The van der Waals surface area contributed by atoms with Crippen LogP contribution in [-0.4, -0.2) is 26.1 Å². The van der Waals surface area contributed by atoms with Gasteiger partial charge in [0, 0.05) is 6.20 Å². The largest absolute Gasteiger partial charge is 0.255 e. The van der Waals surface area contributed by atoms with Gasteiger partial charge in [0.2, 0.25) is 4.77 Å². The second-order valence-corrected chi connectivity index (χ2v) is 2.89. The summed E-state index contributed by atoms with van der Waals surface area (Å²) in [5.74, 6) is 0. The lowest BCUT2D eigenvalue weighted by molar-refractivity contribution is 0.862. The third-order valence-corrected chi connectivity index (χ3v) is 1.82. The Labute approximate surface area is 85.1 Å². The Morgan fingerprint density at radius 1 is 1.50 bits per heavy atom. The van der Waals surface area contributed by atoms with E-state index in [1.165, 1.54) is 11.0 Å². The predicted molar refractivity (Wildman–Crippen MR) is 54.6 cm³/mol. The molecule has 0 aliphatic heterocycles. The smallest absolute Gasteiger partial charge is 0.216 e. The van der Waals surface area contributed by atoms with Crippen molar-refractivity contribution >= 4 is 18.4 Å². The fourth-order valence-corrected chi connectivity index (χ4v) is 1.05. The zero-order valence-corrected chi connectivity index (χ0v) is 7.98. The average molecular weight is 205 g/mol. The number of H-pyrrole nitrogens is 1. The first-order chi connectivity index (χ1) is 6.86. The van der Waals surface area contributed by atoms with E-state index in [2.05, 4.69) is 20.3 Å². The molecular weight excluding hydrogens is 198 g/mol. The lowest BCUT2D eigenvalue weighted by Crippen LogP contribution is -1.90. The van der Waals surface area contributed by atoms with Crippen LogP contribution in [0.15, 0.2) is 35.8 Å². The van der Waals surface area contributed by atoms with Gasteiger partial charge in [0.05, 0.1) is 11.9 Å². The fraction of sp³-hybridized carbons (Fsp3) is 0. The van der Waals surface area contributed by atoms with Crippen molar-refractivity contribution in [2.45, 2.75) is 0 Å². The zero-order valence-electron chi connectivity index (χ0n) is 7.16. The summed E-state index contributed by atoms with van der Waals surface area (Å²) in [6, 6.07) is 5.59. The molecular formula is C8H7N5S. The molecule has 0 aromatic carbocycles. The maximum atomic E-state index is 4.91. The molecule has 0 aliphatic rings. The van der Waals surface area contributed by atoms with E-state index in [1.807, 2.05) is 18.2 Å². The van der Waals surface area contributed by atoms with Gasteiger partial charge in [-0.2, -0.15) is 14.9 Å². The molecule has 0 saturated heterocycles. The number of nitrogens with zero attached hydrogens (tertiary/aromatic N) is 4. The van der Waals surface area contributed by atoms with Crippen molar-refractivity contribution < 1.29 is 0 Å². The number of aromatic amines is 1. The van der Waals surface area contributed by atoms with Gasteiger partial charge in [0.1, 0.15) is 6.33 Å². The first kappa shape index (κ1) is 8.76. The second kappa shape index (κ2) is 3.93. The Balaban J connectivity index is 2.24. The molecule has 2 aromatic rings. The molecule has 2 aromatic heterocycles. The number of rotatable bonds is 2. The third kappa shape index (κ3) is 1.91. The summed E-state index contributed by atoms with van der Waals surface area (Å²) >= 11 is 4.91. The molecule has 0 unspecified atom stereocenters. The van der Waals surface area contributed by atoms with Gasteiger partial charge < -0.3 is 0 Å². The van der Waals surface area contributed by atoms with Crippen molar-refractivity contribution in [1.29, 1.82) is 0 Å². The maximum absolute atomic E-state index is 4.91. The minimum Gasteiger partial charge on any atom is -0.255 e. The summed E-state index contributed by atoms with van der Waals surface area (Å²) in [6.45, 7) is 0. The van der Waals surface area contributed by atoms with Crippen LogP contribution in [0.25, 0.3) is 0 Å². The van der Waals surface area contributed by atoms with Crippen LogP contribution >= 0.6 is 12.2 Å². The maximum Gasteiger partial charge on any atom is 0.216 e. The Bertz CT molecular complexity index is 484. The molecule has 2 heterocycles. The second-order valence-electron chi connectivity index (χ2n) is 2.51. The highest BCUT2D eigenvalue weighted by atomic mass is 32.1. The molecule has 2 rings (SSSR count). The van der Waals surface area contributed by atoms with Gasteiger partial charge in [-0.25, -0.2) is 0 Å². The zero-order chi connectivity index (χ0) is 9.80. The summed E-state index contributed by atoms with van der Waals surface area (Å²) in [4.78, 5) is 4.08. The van der Waals surface area contributed by atoms with Crippen molar-refractivity contribution in [3.8, 4) is 0 Å². The van der Waals surface area contributed by atoms with E-state index < -0.39 is 0 Å². The van der Waals surface area contributed by atoms with Crippen LogP contribution in [0.3, 0.4) is 0 Å². The molecule has 6 heteroatoms. The highest BCUT2D eigenvalue weighted by molar-refractivity contribution is 7.71. The Morgan fingerprint density at radius 3 is 3.07 bits per heavy atom. The monoisotopic (exact) mass is 205 g/mol. The van der Waals surface area contributed by atoms with Gasteiger partial charge in [-0.05, 0) is 24.4 Å². The first-order valence-corrected chi connectivity index (χ1v) is 4.34. The lowest BCUT2D eigenvalue weighted by atomic mass is 10.4. The molecule has 0 amide bonds. The van der Waals surface area contributed by atoms with Crippen LogP contribution in [0.1, 0.15) is 5.69 Å². The molecule has 0 spiro atoms. The molecule has 0 fully saturated rings. The molecule has 5 nitrogen and oxygen atoms in total. The number of nitrogens with one attached hydrogen (secondary N) is 1. The summed E-state index contributed by atoms with van der Waals surface area (Å²) < 4.78 is 1.92. The van der Waals surface area contributed by atoms with Crippen molar-refractivity contribution in [3.63, 3.8) is 0 Å². The van der Waals surface area contributed by atoms with E-state index in [1.54, 1.807) is 12.4 Å². The van der Waals surface area contributed by atoms with Crippen LogP contribution in [0, 0.1) is 4.77 Å². The van der Waals surface area contributed by atoms with Gasteiger partial charge >= 0.3 is 0 Å². The Morgan fingerprint density at radius 2 is 2.43 bits per heavy atom. The standard InChI is InChI=1S/C8H7N5S/c14-8-12-10-6-13(8)11-5-7-3-1-2-4-9-7/h1-6H,(H,12,14)/b11-5+. The number of pyridine rings is 1. The molecule has 0 radical (unpaired) electrons. The fourth-order valence-electron chi connectivity index (χ4n) is 0.898. The van der Waals surface area contributed by atoms with Crippen LogP contribution in [0.5, 0.6) is 0 Å². The quantitative estimate of drug-likeness (QED) is 0.592. The topological polar surface area (TPSA) is 58.9 Å². The Hall–Kier alpha value is -1.82. The van der Waals surface area contributed by atoms with Gasteiger partial charge in [-0.15, -0.1) is 0 Å². The molecule has 0 atom stereocenters. The van der Waals surface area contributed by atoms with E-state index in [4.69, 9.17) is 12.2 Å². The summed E-state index contributed by atoms with van der Waals surface area (Å²) in [7, 11) is 0. The molecule has 0 bridgehead atoms. The number of hydrogen-bond acceptors (Lipinski definition) is 4. The number of aromatic nitrogens is 4. The first-order valence-electron chi connectivity index (χ1n) is 3.94. The van der Waals surface area contributed by atoms with Crippen molar-refractivity contribution in [2.24, 2.45) is 5.10 Å². The van der Waals surface area contributed by atoms with Gasteiger partial charge in [-0.1, -0.05) is 6.07 Å². The summed E-state index contributed by atoms with van der Waals surface area (Å²) in [5, 5.41) is 10.4. The van der Waals surface area contributed by atoms with Gasteiger partial charge in [0.25, 0.3) is 0 Å². The molecule has 1 N–H and O–H groups in total. The predicted octanol–water partition coefficient (Wildman–Crippen LogP) is 1.22. The highest BCUT2D eigenvalue weighted by Gasteiger charge is 1.89. The van der Waals surface area contributed by atoms with E-state index in [9.17, 15) is 0 Å². The third-order valence-electron chi connectivity index (χ3n) is 1.54. The van der Waals surface area contributed by atoms with E-state index >= 15 is 0 Å². The van der Waals surface area contributed by atoms with Gasteiger partial charge in [-0.3, -0.25) is 10.1 Å². The lowest BCUT2D eigenvalue weighted by Gasteiger charge is -1.90. The van der Waals surface area contributed by atoms with Crippen molar-refractivity contribution in [1.82, 2.24) is 19.9 Å². The molecule has 70 valence electrons. The summed E-state index contributed by atoms with van der Waals surface area (Å²) in [6.07, 6.45) is 4.82.